The number of Topliss-reactive ketones (excluding diaryl/α,β-unsaturated/α-hetero) is 1. The lowest BCUT2D eigenvalue weighted by Crippen LogP contribution is -2.25. The smallest absolute Gasteiger partial charge is 0.229 e. The van der Waals surface area contributed by atoms with E-state index in [1.807, 2.05) is 26.0 Å². The molecule has 0 heterocycles. The highest BCUT2D eigenvalue weighted by Gasteiger charge is 2.12. The lowest BCUT2D eigenvalue weighted by Gasteiger charge is -2.08. The first kappa shape index (κ1) is 15.6. The second-order valence-corrected chi connectivity index (χ2v) is 4.78. The van der Waals surface area contributed by atoms with Crippen LogP contribution in [0.2, 0.25) is 0 Å². The van der Waals surface area contributed by atoms with E-state index < -0.39 is 0 Å². The van der Waals surface area contributed by atoms with Crippen LogP contribution in [-0.2, 0) is 4.79 Å². The highest BCUT2D eigenvalue weighted by atomic mass is 32.2. The van der Waals surface area contributed by atoms with Crippen LogP contribution >= 0.6 is 11.8 Å². The van der Waals surface area contributed by atoms with Crippen LogP contribution < -0.4 is 10.1 Å². The largest absolute Gasteiger partial charge is 0.493 e. The Morgan fingerprint density at radius 3 is 2.63 bits per heavy atom. The number of para-hydroxylation sites is 1. The topological polar surface area (TPSA) is 55.4 Å². The van der Waals surface area contributed by atoms with E-state index in [9.17, 15) is 9.59 Å². The van der Waals surface area contributed by atoms with Crippen LogP contribution in [-0.4, -0.2) is 36.3 Å². The first-order chi connectivity index (χ1) is 9.19. The molecule has 5 heteroatoms. The van der Waals surface area contributed by atoms with Gasteiger partial charge in [-0.15, -0.1) is 11.8 Å². The third-order valence-electron chi connectivity index (χ3n) is 2.33. The Kier molecular flexibility index (Phi) is 7.03. The SMILES string of the molecule is CCNC(=O)CSCC(=O)c1ccccc1OCC. The molecule has 0 aliphatic rings. The number of hydrogen-bond donors (Lipinski definition) is 1. The summed E-state index contributed by atoms with van der Waals surface area (Å²) in [5.41, 5.74) is 0.577. The van der Waals surface area contributed by atoms with Crippen molar-refractivity contribution in [2.24, 2.45) is 0 Å². The Hall–Kier alpha value is -1.49. The summed E-state index contributed by atoms with van der Waals surface area (Å²) in [6.07, 6.45) is 0. The molecule has 0 fully saturated rings. The minimum absolute atomic E-state index is 0.0154. The van der Waals surface area contributed by atoms with Gasteiger partial charge in [-0.1, -0.05) is 12.1 Å². The minimum atomic E-state index is -0.0432. The quantitative estimate of drug-likeness (QED) is 0.742. The van der Waals surface area contributed by atoms with Crippen molar-refractivity contribution in [2.45, 2.75) is 13.8 Å². The third kappa shape index (κ3) is 5.34. The highest BCUT2D eigenvalue weighted by Crippen LogP contribution is 2.20. The Morgan fingerprint density at radius 2 is 1.95 bits per heavy atom. The van der Waals surface area contributed by atoms with E-state index in [-0.39, 0.29) is 17.4 Å². The molecule has 1 N–H and O–H groups in total. The van der Waals surface area contributed by atoms with E-state index in [0.29, 0.717) is 30.2 Å². The van der Waals surface area contributed by atoms with Crippen LogP contribution in [0.1, 0.15) is 24.2 Å². The minimum Gasteiger partial charge on any atom is -0.493 e. The van der Waals surface area contributed by atoms with Gasteiger partial charge in [0, 0.05) is 6.54 Å². The number of rotatable bonds is 8. The van der Waals surface area contributed by atoms with Gasteiger partial charge in [0.25, 0.3) is 0 Å². The molecule has 1 aromatic carbocycles. The number of thioether (sulfide) groups is 1. The standard InChI is InChI=1S/C14H19NO3S/c1-3-15-14(17)10-19-9-12(16)11-7-5-6-8-13(11)18-4-2/h5-8H,3-4,9-10H2,1-2H3,(H,15,17). The van der Waals surface area contributed by atoms with Gasteiger partial charge in [-0.3, -0.25) is 9.59 Å². The zero-order valence-electron chi connectivity index (χ0n) is 11.3. The molecule has 0 unspecified atom stereocenters. The Balaban J connectivity index is 2.51. The summed E-state index contributed by atoms with van der Waals surface area (Å²) < 4.78 is 5.41. The van der Waals surface area contributed by atoms with Crippen molar-refractivity contribution < 1.29 is 14.3 Å². The maximum atomic E-state index is 12.0. The molecular formula is C14H19NO3S. The van der Waals surface area contributed by atoms with E-state index >= 15 is 0 Å². The molecule has 0 atom stereocenters. The van der Waals surface area contributed by atoms with Crippen molar-refractivity contribution in [3.05, 3.63) is 29.8 Å². The Labute approximate surface area is 117 Å². The summed E-state index contributed by atoms with van der Waals surface area (Å²) in [4.78, 5) is 23.3. The number of benzene rings is 1. The maximum Gasteiger partial charge on any atom is 0.229 e. The van der Waals surface area contributed by atoms with E-state index in [0.717, 1.165) is 0 Å². The van der Waals surface area contributed by atoms with Crippen LogP contribution in [0.25, 0.3) is 0 Å². The molecule has 1 rings (SSSR count). The molecule has 0 saturated heterocycles. The number of hydrogen-bond acceptors (Lipinski definition) is 4. The van der Waals surface area contributed by atoms with Crippen LogP contribution in [0.5, 0.6) is 5.75 Å². The molecule has 1 amide bonds. The summed E-state index contributed by atoms with van der Waals surface area (Å²) in [7, 11) is 0. The normalized spacial score (nSPS) is 10.0. The Morgan fingerprint density at radius 1 is 1.21 bits per heavy atom. The molecule has 104 valence electrons. The predicted molar refractivity (Wildman–Crippen MR) is 78.0 cm³/mol. The van der Waals surface area contributed by atoms with Gasteiger partial charge in [0.15, 0.2) is 5.78 Å². The first-order valence-electron chi connectivity index (χ1n) is 6.28. The van der Waals surface area contributed by atoms with Gasteiger partial charge in [-0.2, -0.15) is 0 Å². The number of nitrogens with one attached hydrogen (secondary N) is 1. The van der Waals surface area contributed by atoms with E-state index in [1.54, 1.807) is 12.1 Å². The zero-order chi connectivity index (χ0) is 14.1. The molecule has 0 radical (unpaired) electrons. The number of ketones is 1. The molecule has 0 aliphatic heterocycles. The van der Waals surface area contributed by atoms with Crippen molar-refractivity contribution in [3.8, 4) is 5.75 Å². The number of carbonyl (C=O) groups excluding carboxylic acids is 2. The molecule has 1 aromatic rings. The first-order valence-corrected chi connectivity index (χ1v) is 7.44. The fourth-order valence-electron chi connectivity index (χ4n) is 1.54. The van der Waals surface area contributed by atoms with Crippen molar-refractivity contribution in [1.82, 2.24) is 5.32 Å². The van der Waals surface area contributed by atoms with E-state index in [4.69, 9.17) is 4.74 Å². The van der Waals surface area contributed by atoms with Gasteiger partial charge < -0.3 is 10.1 Å². The molecule has 4 nitrogen and oxygen atoms in total. The van der Waals surface area contributed by atoms with Crippen LogP contribution in [0.15, 0.2) is 24.3 Å². The van der Waals surface area contributed by atoms with Crippen molar-refractivity contribution >= 4 is 23.5 Å². The molecule has 0 spiro atoms. The van der Waals surface area contributed by atoms with Gasteiger partial charge in [-0.25, -0.2) is 0 Å². The van der Waals surface area contributed by atoms with Gasteiger partial charge in [0.05, 0.1) is 23.7 Å². The molecule has 19 heavy (non-hydrogen) atoms. The van der Waals surface area contributed by atoms with Gasteiger partial charge in [-0.05, 0) is 26.0 Å². The fourth-order valence-corrected chi connectivity index (χ4v) is 2.27. The third-order valence-corrected chi connectivity index (χ3v) is 3.26. The average molecular weight is 281 g/mol. The predicted octanol–water partition coefficient (Wildman–Crippen LogP) is 2.14. The zero-order valence-corrected chi connectivity index (χ0v) is 12.1. The maximum absolute atomic E-state index is 12.0. The molecule has 0 saturated carbocycles. The number of ether oxygens (including phenoxy) is 1. The Bertz CT molecular complexity index is 434. The van der Waals surface area contributed by atoms with Crippen LogP contribution in [0.4, 0.5) is 0 Å². The molecule has 0 aromatic heterocycles. The van der Waals surface area contributed by atoms with Crippen molar-refractivity contribution in [3.63, 3.8) is 0 Å². The van der Waals surface area contributed by atoms with Crippen LogP contribution in [0, 0.1) is 0 Å². The number of carbonyl (C=O) groups is 2. The fraction of sp³-hybridized carbons (Fsp3) is 0.429. The molecular weight excluding hydrogens is 262 g/mol. The van der Waals surface area contributed by atoms with Gasteiger partial charge in [0.1, 0.15) is 5.75 Å². The lowest BCUT2D eigenvalue weighted by molar-refractivity contribution is -0.118. The monoisotopic (exact) mass is 281 g/mol. The summed E-state index contributed by atoms with van der Waals surface area (Å²) in [5.74, 6) is 1.13. The van der Waals surface area contributed by atoms with Gasteiger partial charge >= 0.3 is 0 Å². The summed E-state index contributed by atoms with van der Waals surface area (Å²) >= 11 is 1.31. The lowest BCUT2D eigenvalue weighted by atomic mass is 10.1. The van der Waals surface area contributed by atoms with Crippen molar-refractivity contribution in [1.29, 1.82) is 0 Å². The summed E-state index contributed by atoms with van der Waals surface area (Å²) in [6, 6.07) is 7.18. The van der Waals surface area contributed by atoms with Gasteiger partial charge in [0.2, 0.25) is 5.91 Å². The second-order valence-electron chi connectivity index (χ2n) is 3.80. The summed E-state index contributed by atoms with van der Waals surface area (Å²) in [5, 5.41) is 2.69. The molecule has 0 aliphatic carbocycles. The molecule has 0 bridgehead atoms. The van der Waals surface area contributed by atoms with Crippen LogP contribution in [0.3, 0.4) is 0 Å². The van der Waals surface area contributed by atoms with E-state index in [1.165, 1.54) is 11.8 Å². The highest BCUT2D eigenvalue weighted by molar-refractivity contribution is 8.00. The average Bonchev–Trinajstić information content (AvgIpc) is 2.40. The van der Waals surface area contributed by atoms with E-state index in [2.05, 4.69) is 5.32 Å². The second kappa shape index (κ2) is 8.58. The van der Waals surface area contributed by atoms with Crippen molar-refractivity contribution in [2.75, 3.05) is 24.7 Å². The number of amides is 1. The summed E-state index contributed by atoms with van der Waals surface area (Å²) in [6.45, 7) is 4.88.